The third-order valence-corrected chi connectivity index (χ3v) is 3.89. The molecule has 5 heteroatoms. The number of nitrogens with one attached hydrogen (secondary N) is 1. The van der Waals surface area contributed by atoms with Gasteiger partial charge in [-0.15, -0.1) is 0 Å². The van der Waals surface area contributed by atoms with E-state index < -0.39 is 12.2 Å². The maximum absolute atomic E-state index is 11.1. The van der Waals surface area contributed by atoms with Gasteiger partial charge >= 0.3 is 6.09 Å². The number of nitrogens with zero attached hydrogens (tertiary/aromatic N) is 1. The summed E-state index contributed by atoms with van der Waals surface area (Å²) in [7, 11) is 1.31. The van der Waals surface area contributed by atoms with Crippen LogP contribution in [0.3, 0.4) is 0 Å². The first kappa shape index (κ1) is 17.3. The molecule has 1 amide bonds. The van der Waals surface area contributed by atoms with E-state index in [9.17, 15) is 9.90 Å². The van der Waals surface area contributed by atoms with Gasteiger partial charge in [-0.3, -0.25) is 0 Å². The summed E-state index contributed by atoms with van der Waals surface area (Å²) < 4.78 is 6.67. The van der Waals surface area contributed by atoms with Crippen LogP contribution in [0.5, 0.6) is 0 Å². The van der Waals surface area contributed by atoms with Gasteiger partial charge in [0.2, 0.25) is 0 Å². The van der Waals surface area contributed by atoms with Crippen molar-refractivity contribution in [1.29, 1.82) is 0 Å². The van der Waals surface area contributed by atoms with Gasteiger partial charge in [0.25, 0.3) is 0 Å². The molecule has 0 aliphatic carbocycles. The molecule has 0 bridgehead atoms. The minimum atomic E-state index is -0.688. The Morgan fingerprint density at radius 1 is 1.35 bits per heavy atom. The lowest BCUT2D eigenvalue weighted by atomic mass is 9.92. The second kappa shape index (κ2) is 6.62. The van der Waals surface area contributed by atoms with Crippen molar-refractivity contribution in [2.24, 2.45) is 0 Å². The predicted molar refractivity (Wildman–Crippen MR) is 91.8 cm³/mol. The van der Waals surface area contributed by atoms with Gasteiger partial charge in [-0.2, -0.15) is 0 Å². The number of aryl methyl sites for hydroxylation is 1. The molecule has 1 aromatic heterocycles. The third kappa shape index (κ3) is 4.05. The number of ether oxygens (including phenoxy) is 1. The number of methoxy groups -OCH3 is 1. The van der Waals surface area contributed by atoms with Gasteiger partial charge in [-0.1, -0.05) is 32.4 Å². The summed E-state index contributed by atoms with van der Waals surface area (Å²) in [4.78, 5) is 11.1. The number of aliphatic hydroxyl groups is 1. The van der Waals surface area contributed by atoms with E-state index in [1.54, 1.807) is 0 Å². The second-order valence-corrected chi connectivity index (χ2v) is 6.98. The Morgan fingerprint density at radius 2 is 2.04 bits per heavy atom. The van der Waals surface area contributed by atoms with E-state index >= 15 is 0 Å². The molecule has 0 aliphatic rings. The van der Waals surface area contributed by atoms with Crippen LogP contribution in [0, 0.1) is 6.92 Å². The summed E-state index contributed by atoms with van der Waals surface area (Å²) >= 11 is 0. The molecule has 1 heterocycles. The number of rotatable bonds is 4. The van der Waals surface area contributed by atoms with Crippen LogP contribution >= 0.6 is 0 Å². The molecule has 5 nitrogen and oxygen atoms in total. The van der Waals surface area contributed by atoms with Gasteiger partial charge in [0.15, 0.2) is 0 Å². The number of fused-ring (bicyclic) bond motifs is 1. The highest BCUT2D eigenvalue weighted by Gasteiger charge is 2.22. The highest BCUT2D eigenvalue weighted by atomic mass is 16.5. The first-order chi connectivity index (χ1) is 10.7. The topological polar surface area (TPSA) is 63.5 Å². The molecule has 0 aliphatic heterocycles. The van der Waals surface area contributed by atoms with Crippen molar-refractivity contribution in [3.05, 3.63) is 35.5 Å². The van der Waals surface area contributed by atoms with Crippen molar-refractivity contribution in [2.75, 3.05) is 13.7 Å². The molecule has 126 valence electrons. The lowest BCUT2D eigenvalue weighted by Crippen LogP contribution is -2.35. The number of benzene rings is 1. The van der Waals surface area contributed by atoms with E-state index in [0.717, 1.165) is 11.2 Å². The fourth-order valence-electron chi connectivity index (χ4n) is 2.76. The van der Waals surface area contributed by atoms with Gasteiger partial charge < -0.3 is 19.7 Å². The smallest absolute Gasteiger partial charge is 0.406 e. The van der Waals surface area contributed by atoms with Gasteiger partial charge in [-0.25, -0.2) is 4.79 Å². The lowest BCUT2D eigenvalue weighted by molar-refractivity contribution is 0.135. The molecule has 23 heavy (non-hydrogen) atoms. The molecular formula is C18H26N2O3. The third-order valence-electron chi connectivity index (χ3n) is 3.89. The van der Waals surface area contributed by atoms with Gasteiger partial charge in [-0.05, 0) is 25.1 Å². The lowest BCUT2D eigenvalue weighted by Gasteiger charge is -2.24. The summed E-state index contributed by atoms with van der Waals surface area (Å²) in [6.07, 6.45) is -1.22. The largest absolute Gasteiger partial charge is 0.453 e. The molecule has 2 rings (SSSR count). The zero-order chi connectivity index (χ0) is 17.2. The quantitative estimate of drug-likeness (QED) is 0.911. The normalized spacial score (nSPS) is 13.1. The van der Waals surface area contributed by atoms with E-state index in [1.165, 1.54) is 18.1 Å². The molecule has 0 spiro atoms. The molecule has 1 aromatic carbocycles. The highest BCUT2D eigenvalue weighted by molar-refractivity contribution is 5.82. The summed E-state index contributed by atoms with van der Waals surface area (Å²) in [6, 6.07) is 8.49. The van der Waals surface area contributed by atoms with Crippen molar-refractivity contribution in [1.82, 2.24) is 9.88 Å². The minimum absolute atomic E-state index is 0.0393. The van der Waals surface area contributed by atoms with E-state index in [4.69, 9.17) is 0 Å². The molecule has 1 unspecified atom stereocenters. The molecule has 0 saturated carbocycles. The molecule has 0 saturated heterocycles. The van der Waals surface area contributed by atoms with Crippen LogP contribution in [0.1, 0.15) is 32.0 Å². The van der Waals surface area contributed by atoms with Crippen molar-refractivity contribution >= 4 is 17.0 Å². The Labute approximate surface area is 137 Å². The summed E-state index contributed by atoms with van der Waals surface area (Å²) in [5.74, 6) is 0. The van der Waals surface area contributed by atoms with Crippen LogP contribution < -0.4 is 5.32 Å². The maximum atomic E-state index is 11.1. The fourth-order valence-corrected chi connectivity index (χ4v) is 2.76. The van der Waals surface area contributed by atoms with Crippen LogP contribution in [0.4, 0.5) is 4.79 Å². The van der Waals surface area contributed by atoms with Gasteiger partial charge in [0.1, 0.15) is 0 Å². The summed E-state index contributed by atoms with van der Waals surface area (Å²) in [5.41, 5.74) is 3.43. The van der Waals surface area contributed by atoms with E-state index in [1.807, 2.05) is 0 Å². The monoisotopic (exact) mass is 318 g/mol. The SMILES string of the molecule is COC(=O)NCC(O)Cn1c(C(C)(C)C)cc2cc(C)ccc21. The highest BCUT2D eigenvalue weighted by Crippen LogP contribution is 2.30. The number of aromatic nitrogens is 1. The number of aliphatic hydroxyl groups excluding tert-OH is 1. The van der Waals surface area contributed by atoms with Crippen LogP contribution in [-0.2, 0) is 16.7 Å². The van der Waals surface area contributed by atoms with Crippen LogP contribution in [0.15, 0.2) is 24.3 Å². The first-order valence-corrected chi connectivity index (χ1v) is 7.82. The molecule has 2 N–H and O–H groups in total. The molecular weight excluding hydrogens is 292 g/mol. The van der Waals surface area contributed by atoms with E-state index in [2.05, 4.69) is 66.6 Å². The number of amides is 1. The molecule has 2 aromatic rings. The van der Waals surface area contributed by atoms with Crippen molar-refractivity contribution in [3.63, 3.8) is 0 Å². The van der Waals surface area contributed by atoms with Crippen molar-refractivity contribution < 1.29 is 14.6 Å². The standard InChI is InChI=1S/C18H26N2O3/c1-12-6-7-15-13(8-12)9-16(18(2,3)4)20(15)11-14(21)10-19-17(22)23-5/h6-9,14,21H,10-11H2,1-5H3,(H,19,22). The van der Waals surface area contributed by atoms with Crippen molar-refractivity contribution in [3.8, 4) is 0 Å². The summed E-state index contributed by atoms with van der Waals surface area (Å²) in [6.45, 7) is 9.12. The van der Waals surface area contributed by atoms with Crippen LogP contribution in [0.25, 0.3) is 10.9 Å². The van der Waals surface area contributed by atoms with Crippen LogP contribution in [0.2, 0.25) is 0 Å². The fraction of sp³-hybridized carbons (Fsp3) is 0.500. The van der Waals surface area contributed by atoms with Gasteiger partial charge in [0.05, 0.1) is 19.8 Å². The molecule has 0 radical (unpaired) electrons. The Bertz CT molecular complexity index is 698. The Morgan fingerprint density at radius 3 is 2.65 bits per heavy atom. The number of hydrogen-bond donors (Lipinski definition) is 2. The molecule has 1 atom stereocenters. The van der Waals surface area contributed by atoms with Crippen LogP contribution in [-0.4, -0.2) is 35.5 Å². The second-order valence-electron chi connectivity index (χ2n) is 6.98. The molecule has 0 fully saturated rings. The number of alkyl carbamates (subject to hydrolysis) is 1. The Balaban J connectivity index is 2.32. The summed E-state index contributed by atoms with van der Waals surface area (Å²) in [5, 5.41) is 14.0. The first-order valence-electron chi connectivity index (χ1n) is 7.82. The number of hydrogen-bond acceptors (Lipinski definition) is 3. The number of carbonyl (C=O) groups is 1. The average molecular weight is 318 g/mol. The average Bonchev–Trinajstić information content (AvgIpc) is 2.82. The van der Waals surface area contributed by atoms with E-state index in [-0.39, 0.29) is 12.0 Å². The predicted octanol–water partition coefficient (Wildman–Crippen LogP) is 2.96. The van der Waals surface area contributed by atoms with Crippen molar-refractivity contribution in [2.45, 2.75) is 45.8 Å². The zero-order valence-electron chi connectivity index (χ0n) is 14.5. The number of carbonyl (C=O) groups excluding carboxylic acids is 1. The Kier molecular flexibility index (Phi) is 5.00. The van der Waals surface area contributed by atoms with E-state index in [0.29, 0.717) is 6.54 Å². The minimum Gasteiger partial charge on any atom is -0.453 e. The Hall–Kier alpha value is -2.01. The van der Waals surface area contributed by atoms with Gasteiger partial charge in [0, 0.05) is 28.6 Å². The zero-order valence-corrected chi connectivity index (χ0v) is 14.5. The maximum Gasteiger partial charge on any atom is 0.406 e.